The molecular formula is C23H19F6N3O2. The lowest BCUT2D eigenvalue weighted by Crippen LogP contribution is -2.47. The highest BCUT2D eigenvalue weighted by atomic mass is 19.4. The van der Waals surface area contributed by atoms with Crippen LogP contribution in [0.1, 0.15) is 52.5 Å². The number of carbonyl (C=O) groups excluding carboxylic acids is 1. The average molecular weight is 483 g/mol. The molecule has 1 fully saturated rings. The molecule has 0 bridgehead atoms. The van der Waals surface area contributed by atoms with Gasteiger partial charge in [-0.15, -0.1) is 0 Å². The maximum absolute atomic E-state index is 13.6. The first kappa shape index (κ1) is 23.9. The Balaban J connectivity index is 1.85. The first-order valence-corrected chi connectivity index (χ1v) is 10.5. The van der Waals surface area contributed by atoms with E-state index in [4.69, 9.17) is 0 Å². The highest BCUT2D eigenvalue weighted by molar-refractivity contribution is 5.94. The van der Waals surface area contributed by atoms with Crippen LogP contribution in [0.25, 0.3) is 10.9 Å². The van der Waals surface area contributed by atoms with Crippen molar-refractivity contribution in [1.82, 2.24) is 14.9 Å². The summed E-state index contributed by atoms with van der Waals surface area (Å²) in [6.45, 7) is 0.235. The van der Waals surface area contributed by atoms with Crippen molar-refractivity contribution in [2.75, 3.05) is 6.54 Å². The normalized spacial score (nSPS) is 18.2. The SMILES string of the molecule is O=C(c1cccnc1)N1CCCC[C@@H]1[C@@H](O)c1cc(C(F)(F)F)nc2c(C(F)(F)F)cccc12. The van der Waals surface area contributed by atoms with E-state index in [1.165, 1.54) is 29.4 Å². The van der Waals surface area contributed by atoms with Crippen molar-refractivity contribution < 1.29 is 36.2 Å². The molecule has 5 nitrogen and oxygen atoms in total. The van der Waals surface area contributed by atoms with Crippen LogP contribution in [-0.4, -0.2) is 38.5 Å². The van der Waals surface area contributed by atoms with E-state index in [0.29, 0.717) is 25.0 Å². The lowest BCUT2D eigenvalue weighted by atomic mass is 9.89. The fraction of sp³-hybridized carbons (Fsp3) is 0.348. The predicted octanol–water partition coefficient (Wildman–Crippen LogP) is 5.40. The van der Waals surface area contributed by atoms with Gasteiger partial charge in [0.25, 0.3) is 5.91 Å². The fourth-order valence-corrected chi connectivity index (χ4v) is 4.29. The van der Waals surface area contributed by atoms with Crippen LogP contribution in [0.15, 0.2) is 48.8 Å². The number of para-hydroxylation sites is 1. The van der Waals surface area contributed by atoms with E-state index in [0.717, 1.165) is 6.07 Å². The number of pyridine rings is 2. The van der Waals surface area contributed by atoms with Gasteiger partial charge in [-0.3, -0.25) is 9.78 Å². The van der Waals surface area contributed by atoms with E-state index < -0.39 is 47.2 Å². The van der Waals surface area contributed by atoms with Crippen LogP contribution in [0.3, 0.4) is 0 Å². The summed E-state index contributed by atoms with van der Waals surface area (Å²) >= 11 is 0. The molecule has 0 saturated carbocycles. The smallest absolute Gasteiger partial charge is 0.386 e. The maximum Gasteiger partial charge on any atom is 0.433 e. The van der Waals surface area contributed by atoms with Crippen LogP contribution in [0.4, 0.5) is 26.3 Å². The molecule has 1 aliphatic heterocycles. The van der Waals surface area contributed by atoms with Gasteiger partial charge in [-0.25, -0.2) is 4.98 Å². The average Bonchev–Trinajstić information content (AvgIpc) is 2.81. The molecule has 11 heteroatoms. The van der Waals surface area contributed by atoms with E-state index in [2.05, 4.69) is 9.97 Å². The van der Waals surface area contributed by atoms with Crippen molar-refractivity contribution in [3.05, 3.63) is 71.2 Å². The molecule has 2 aromatic heterocycles. The molecule has 1 aromatic carbocycles. The monoisotopic (exact) mass is 483 g/mol. The van der Waals surface area contributed by atoms with Crippen molar-refractivity contribution in [1.29, 1.82) is 0 Å². The Morgan fingerprint density at radius 3 is 2.47 bits per heavy atom. The Morgan fingerprint density at radius 1 is 1.06 bits per heavy atom. The summed E-state index contributed by atoms with van der Waals surface area (Å²) < 4.78 is 81.3. The number of nitrogens with zero attached hydrogens (tertiary/aromatic N) is 3. The number of aliphatic hydroxyl groups is 1. The van der Waals surface area contributed by atoms with Gasteiger partial charge in [-0.1, -0.05) is 12.1 Å². The third-order valence-electron chi connectivity index (χ3n) is 5.87. The third kappa shape index (κ3) is 4.56. The van der Waals surface area contributed by atoms with Crippen LogP contribution >= 0.6 is 0 Å². The number of fused-ring (bicyclic) bond motifs is 1. The topological polar surface area (TPSA) is 66.3 Å². The van der Waals surface area contributed by atoms with Crippen molar-refractivity contribution in [3.63, 3.8) is 0 Å². The molecule has 1 N–H and O–H groups in total. The van der Waals surface area contributed by atoms with E-state index in [9.17, 15) is 36.2 Å². The predicted molar refractivity (Wildman–Crippen MR) is 110 cm³/mol. The summed E-state index contributed by atoms with van der Waals surface area (Å²) in [5.74, 6) is -0.470. The van der Waals surface area contributed by atoms with Gasteiger partial charge in [0, 0.05) is 24.3 Å². The van der Waals surface area contributed by atoms with Crippen molar-refractivity contribution in [3.8, 4) is 0 Å². The van der Waals surface area contributed by atoms with E-state index in [1.807, 2.05) is 0 Å². The van der Waals surface area contributed by atoms with Gasteiger partial charge in [0.1, 0.15) is 11.8 Å². The quantitative estimate of drug-likeness (QED) is 0.507. The van der Waals surface area contributed by atoms with Gasteiger partial charge >= 0.3 is 12.4 Å². The van der Waals surface area contributed by atoms with Crippen LogP contribution in [-0.2, 0) is 12.4 Å². The van der Waals surface area contributed by atoms with Crippen molar-refractivity contribution in [2.45, 2.75) is 43.8 Å². The molecule has 0 spiro atoms. The largest absolute Gasteiger partial charge is 0.433 e. The number of alkyl halides is 6. The van der Waals surface area contributed by atoms with Gasteiger partial charge in [0.2, 0.25) is 0 Å². The molecule has 2 atom stereocenters. The van der Waals surface area contributed by atoms with E-state index in [1.54, 1.807) is 6.07 Å². The number of aliphatic hydroxyl groups excluding tert-OH is 1. The minimum absolute atomic E-state index is 0.233. The number of halogens is 6. The Bertz CT molecular complexity index is 1200. The lowest BCUT2D eigenvalue weighted by Gasteiger charge is -2.39. The van der Waals surface area contributed by atoms with Crippen LogP contribution in [0, 0.1) is 0 Å². The Morgan fingerprint density at radius 2 is 1.82 bits per heavy atom. The Hall–Kier alpha value is -3.21. The Kier molecular flexibility index (Phi) is 6.24. The molecule has 1 saturated heterocycles. The molecule has 34 heavy (non-hydrogen) atoms. The number of aromatic nitrogens is 2. The summed E-state index contributed by atoms with van der Waals surface area (Å²) in [6.07, 6.45) is -7.41. The number of rotatable bonds is 3. The van der Waals surface area contributed by atoms with E-state index in [-0.39, 0.29) is 29.5 Å². The zero-order valence-corrected chi connectivity index (χ0v) is 17.6. The maximum atomic E-state index is 13.6. The molecule has 4 rings (SSSR count). The molecule has 3 aromatic rings. The molecule has 0 aliphatic carbocycles. The minimum Gasteiger partial charge on any atom is -0.386 e. The summed E-state index contributed by atoms with van der Waals surface area (Å²) in [5.41, 5.74) is -3.92. The number of benzene rings is 1. The minimum atomic E-state index is -5.04. The Labute approximate surface area is 190 Å². The third-order valence-corrected chi connectivity index (χ3v) is 5.87. The number of amides is 1. The van der Waals surface area contributed by atoms with Gasteiger partial charge in [0.15, 0.2) is 0 Å². The highest BCUT2D eigenvalue weighted by Gasteiger charge is 2.40. The van der Waals surface area contributed by atoms with Gasteiger partial charge in [-0.05, 0) is 49.1 Å². The van der Waals surface area contributed by atoms with Crippen LogP contribution in [0.5, 0.6) is 0 Å². The molecule has 1 amide bonds. The van der Waals surface area contributed by atoms with Crippen molar-refractivity contribution >= 4 is 16.8 Å². The number of carbonyl (C=O) groups is 1. The van der Waals surface area contributed by atoms with Gasteiger partial charge in [0.05, 0.1) is 22.7 Å². The summed E-state index contributed by atoms with van der Waals surface area (Å²) in [4.78, 5) is 21.5. The first-order valence-electron chi connectivity index (χ1n) is 10.5. The fourth-order valence-electron chi connectivity index (χ4n) is 4.29. The number of hydrogen-bond acceptors (Lipinski definition) is 4. The second kappa shape index (κ2) is 8.86. The highest BCUT2D eigenvalue weighted by Crippen LogP contribution is 2.41. The second-order valence-electron chi connectivity index (χ2n) is 8.04. The van der Waals surface area contributed by atoms with Crippen LogP contribution < -0.4 is 0 Å². The van der Waals surface area contributed by atoms with Crippen molar-refractivity contribution in [2.24, 2.45) is 0 Å². The zero-order chi connectivity index (χ0) is 24.7. The number of hydrogen-bond donors (Lipinski definition) is 1. The number of piperidine rings is 1. The zero-order valence-electron chi connectivity index (χ0n) is 17.6. The second-order valence-corrected chi connectivity index (χ2v) is 8.04. The first-order chi connectivity index (χ1) is 16.0. The molecule has 0 radical (unpaired) electrons. The summed E-state index contributed by atoms with van der Waals surface area (Å²) in [7, 11) is 0. The van der Waals surface area contributed by atoms with Gasteiger partial charge in [-0.2, -0.15) is 26.3 Å². The summed E-state index contributed by atoms with van der Waals surface area (Å²) in [6, 6.07) is 5.57. The van der Waals surface area contributed by atoms with Crippen LogP contribution in [0.2, 0.25) is 0 Å². The molecule has 0 unspecified atom stereocenters. The van der Waals surface area contributed by atoms with E-state index >= 15 is 0 Å². The lowest BCUT2D eigenvalue weighted by molar-refractivity contribution is -0.142. The molecule has 3 heterocycles. The number of likely N-dealkylation sites (tertiary alicyclic amines) is 1. The molecule has 180 valence electrons. The molecular weight excluding hydrogens is 464 g/mol. The van der Waals surface area contributed by atoms with Gasteiger partial charge < -0.3 is 10.0 Å². The molecule has 1 aliphatic rings. The standard InChI is InChI=1S/C23H19F6N3O2/c24-22(25,26)16-7-3-6-14-15(11-18(23(27,28)29)31-19(14)16)20(33)17-8-1-2-10-32(17)21(34)13-5-4-9-30-12-13/h3-7,9,11-12,17,20,33H,1-2,8,10H2/t17-,20+/m1/s1. The summed E-state index contributed by atoms with van der Waals surface area (Å²) in [5, 5.41) is 11.0.